The summed E-state index contributed by atoms with van der Waals surface area (Å²) in [7, 11) is 0. The third-order valence-corrected chi connectivity index (χ3v) is 4.63. The zero-order valence-electron chi connectivity index (χ0n) is 16.3. The number of carbonyl (C=O) groups excluding carboxylic acids is 1. The molecule has 0 saturated heterocycles. The van der Waals surface area contributed by atoms with Gasteiger partial charge in [0.1, 0.15) is 11.3 Å². The average Bonchev–Trinajstić information content (AvgIpc) is 2.74. The lowest BCUT2D eigenvalue weighted by molar-refractivity contribution is 0.168. The van der Waals surface area contributed by atoms with Crippen LogP contribution >= 0.6 is 0 Å². The molecule has 4 aromatic rings. The van der Waals surface area contributed by atoms with E-state index in [9.17, 15) is 14.3 Å². The Kier molecular flexibility index (Phi) is 5.45. The lowest BCUT2D eigenvalue weighted by Gasteiger charge is -2.15. The van der Waals surface area contributed by atoms with Gasteiger partial charge in [-0.05, 0) is 42.8 Å². The molecule has 1 amide bonds. The molecule has 0 unspecified atom stereocenters. The van der Waals surface area contributed by atoms with Crippen LogP contribution in [0.3, 0.4) is 0 Å². The largest absolute Gasteiger partial charge is 0.450 e. The molecule has 0 aliphatic rings. The average molecular weight is 405 g/mol. The van der Waals surface area contributed by atoms with E-state index < -0.39 is 11.9 Å². The van der Waals surface area contributed by atoms with Crippen molar-refractivity contribution in [2.24, 2.45) is 0 Å². The predicted molar refractivity (Wildman–Crippen MR) is 115 cm³/mol. The first-order valence-electron chi connectivity index (χ1n) is 9.51. The monoisotopic (exact) mass is 405 g/mol. The third-order valence-electron chi connectivity index (χ3n) is 4.63. The second-order valence-corrected chi connectivity index (χ2v) is 6.69. The van der Waals surface area contributed by atoms with Crippen LogP contribution in [0.1, 0.15) is 12.5 Å². The SMILES string of the molecule is CCOC(=O)Nc1cc(CO)cc(Nc2c3ccccc3nc3c(F)cccc23)c1. The second-order valence-electron chi connectivity index (χ2n) is 6.69. The number of hydrogen-bond acceptors (Lipinski definition) is 5. The summed E-state index contributed by atoms with van der Waals surface area (Å²) in [6, 6.07) is 17.4. The molecule has 30 heavy (non-hydrogen) atoms. The molecule has 1 aromatic heterocycles. The molecular formula is C23H20FN3O3. The molecule has 0 radical (unpaired) electrons. The van der Waals surface area contributed by atoms with Crippen molar-refractivity contribution in [2.45, 2.75) is 13.5 Å². The summed E-state index contributed by atoms with van der Waals surface area (Å²) < 4.78 is 19.4. The van der Waals surface area contributed by atoms with Crippen molar-refractivity contribution in [2.75, 3.05) is 17.2 Å². The highest BCUT2D eigenvalue weighted by atomic mass is 19.1. The summed E-state index contributed by atoms with van der Waals surface area (Å²) >= 11 is 0. The predicted octanol–water partition coefficient (Wildman–Crippen LogP) is 5.33. The quantitative estimate of drug-likeness (QED) is 0.391. The highest BCUT2D eigenvalue weighted by molar-refractivity contribution is 6.08. The van der Waals surface area contributed by atoms with E-state index in [0.29, 0.717) is 33.5 Å². The van der Waals surface area contributed by atoms with Crippen molar-refractivity contribution < 1.29 is 19.0 Å². The molecule has 3 aromatic carbocycles. The van der Waals surface area contributed by atoms with Crippen molar-refractivity contribution in [3.05, 3.63) is 72.0 Å². The number of benzene rings is 3. The summed E-state index contributed by atoms with van der Waals surface area (Å²) in [6.07, 6.45) is -0.583. The van der Waals surface area contributed by atoms with Crippen LogP contribution in [-0.2, 0) is 11.3 Å². The smallest absolute Gasteiger partial charge is 0.411 e. The zero-order chi connectivity index (χ0) is 21.1. The molecule has 4 rings (SSSR count). The van der Waals surface area contributed by atoms with Gasteiger partial charge in [-0.15, -0.1) is 0 Å². The number of nitrogens with zero attached hydrogens (tertiary/aromatic N) is 1. The van der Waals surface area contributed by atoms with Crippen LogP contribution < -0.4 is 10.6 Å². The van der Waals surface area contributed by atoms with Crippen LogP contribution in [-0.4, -0.2) is 22.8 Å². The van der Waals surface area contributed by atoms with Gasteiger partial charge in [-0.3, -0.25) is 5.32 Å². The fraction of sp³-hybridized carbons (Fsp3) is 0.130. The minimum absolute atomic E-state index is 0.209. The number of para-hydroxylation sites is 2. The number of hydrogen-bond donors (Lipinski definition) is 3. The molecule has 0 aliphatic carbocycles. The van der Waals surface area contributed by atoms with Gasteiger partial charge in [-0.2, -0.15) is 0 Å². The summed E-state index contributed by atoms with van der Waals surface area (Å²) in [5.41, 5.74) is 3.29. The van der Waals surface area contributed by atoms with E-state index in [1.807, 2.05) is 24.3 Å². The van der Waals surface area contributed by atoms with E-state index in [1.54, 1.807) is 37.3 Å². The van der Waals surface area contributed by atoms with Crippen LogP contribution in [0.5, 0.6) is 0 Å². The number of halogens is 1. The number of pyridine rings is 1. The van der Waals surface area contributed by atoms with E-state index in [-0.39, 0.29) is 18.7 Å². The third kappa shape index (κ3) is 3.88. The molecule has 0 atom stereocenters. The normalized spacial score (nSPS) is 10.9. The Bertz CT molecular complexity index is 1240. The van der Waals surface area contributed by atoms with Crippen molar-refractivity contribution in [1.82, 2.24) is 4.98 Å². The zero-order valence-corrected chi connectivity index (χ0v) is 16.3. The van der Waals surface area contributed by atoms with Gasteiger partial charge in [0.2, 0.25) is 0 Å². The van der Waals surface area contributed by atoms with Crippen LogP contribution in [0.15, 0.2) is 60.7 Å². The van der Waals surface area contributed by atoms with Gasteiger partial charge in [0, 0.05) is 22.1 Å². The minimum atomic E-state index is -0.583. The number of nitrogens with one attached hydrogen (secondary N) is 2. The standard InChI is InChI=1S/C23H20FN3O3/c1-2-30-23(29)26-16-11-14(13-28)10-15(12-16)25-21-17-6-3-4-9-20(17)27-22-18(21)7-5-8-19(22)24/h3-12,28H,2,13H2,1H3,(H,25,27)(H,26,29). The molecule has 0 saturated carbocycles. The Morgan fingerprint density at radius 2 is 1.83 bits per heavy atom. The number of amides is 1. The fourth-order valence-corrected chi connectivity index (χ4v) is 3.37. The van der Waals surface area contributed by atoms with Crippen LogP contribution in [0.2, 0.25) is 0 Å². The highest BCUT2D eigenvalue weighted by Crippen LogP contribution is 2.34. The van der Waals surface area contributed by atoms with Crippen LogP contribution in [0.25, 0.3) is 21.8 Å². The fourth-order valence-electron chi connectivity index (χ4n) is 3.37. The van der Waals surface area contributed by atoms with Crippen molar-refractivity contribution in [3.8, 4) is 0 Å². The first-order valence-corrected chi connectivity index (χ1v) is 9.51. The van der Waals surface area contributed by atoms with Gasteiger partial charge in [-0.25, -0.2) is 14.2 Å². The van der Waals surface area contributed by atoms with Gasteiger partial charge in [0.05, 0.1) is 24.4 Å². The first-order chi connectivity index (χ1) is 14.6. The van der Waals surface area contributed by atoms with Crippen molar-refractivity contribution >= 4 is 45.0 Å². The number of anilines is 3. The molecule has 152 valence electrons. The molecule has 3 N–H and O–H groups in total. The second kappa shape index (κ2) is 8.34. The van der Waals surface area contributed by atoms with Gasteiger partial charge >= 0.3 is 6.09 Å². The molecule has 1 heterocycles. The Hall–Kier alpha value is -3.71. The van der Waals surface area contributed by atoms with E-state index in [4.69, 9.17) is 4.74 Å². The molecule has 6 nitrogen and oxygen atoms in total. The summed E-state index contributed by atoms with van der Waals surface area (Å²) in [6.45, 7) is 1.76. The number of aromatic nitrogens is 1. The summed E-state index contributed by atoms with van der Waals surface area (Å²) in [5, 5.41) is 17.1. The molecule has 0 fully saturated rings. The lowest BCUT2D eigenvalue weighted by atomic mass is 10.1. The number of aliphatic hydroxyl groups is 1. The van der Waals surface area contributed by atoms with Gasteiger partial charge in [0.25, 0.3) is 0 Å². The molecule has 0 aliphatic heterocycles. The number of ether oxygens (including phenoxy) is 1. The van der Waals surface area contributed by atoms with E-state index in [1.165, 1.54) is 6.07 Å². The number of carbonyl (C=O) groups is 1. The first kappa shape index (κ1) is 19.6. The van der Waals surface area contributed by atoms with Crippen molar-refractivity contribution in [1.29, 1.82) is 0 Å². The van der Waals surface area contributed by atoms with Crippen molar-refractivity contribution in [3.63, 3.8) is 0 Å². The van der Waals surface area contributed by atoms with Gasteiger partial charge in [-0.1, -0.05) is 30.3 Å². The maximum absolute atomic E-state index is 14.4. The van der Waals surface area contributed by atoms with Gasteiger partial charge in [0.15, 0.2) is 0 Å². The number of rotatable bonds is 5. The maximum atomic E-state index is 14.4. The van der Waals surface area contributed by atoms with Crippen LogP contribution in [0.4, 0.5) is 26.2 Å². The maximum Gasteiger partial charge on any atom is 0.411 e. The number of aliphatic hydroxyl groups excluding tert-OH is 1. The number of fused-ring (bicyclic) bond motifs is 2. The van der Waals surface area contributed by atoms with Gasteiger partial charge < -0.3 is 15.2 Å². The Morgan fingerprint density at radius 3 is 2.63 bits per heavy atom. The Labute approximate surface area is 172 Å². The Morgan fingerprint density at radius 1 is 1.07 bits per heavy atom. The van der Waals surface area contributed by atoms with E-state index in [0.717, 1.165) is 5.39 Å². The minimum Gasteiger partial charge on any atom is -0.450 e. The molecule has 0 spiro atoms. The van der Waals surface area contributed by atoms with E-state index in [2.05, 4.69) is 15.6 Å². The lowest BCUT2D eigenvalue weighted by Crippen LogP contribution is -2.13. The molecular weight excluding hydrogens is 385 g/mol. The molecule has 0 bridgehead atoms. The van der Waals surface area contributed by atoms with E-state index >= 15 is 0 Å². The van der Waals surface area contributed by atoms with Crippen LogP contribution in [0, 0.1) is 5.82 Å². The highest BCUT2D eigenvalue weighted by Gasteiger charge is 2.13. The Balaban J connectivity index is 1.83. The topological polar surface area (TPSA) is 83.5 Å². The summed E-state index contributed by atoms with van der Waals surface area (Å²) in [4.78, 5) is 16.3. The molecule has 7 heteroatoms. The summed E-state index contributed by atoms with van der Waals surface area (Å²) in [5.74, 6) is -0.407.